The van der Waals surface area contributed by atoms with Crippen LogP contribution in [0.5, 0.6) is 5.75 Å². The number of likely N-dealkylation sites (tertiary alicyclic amines) is 1. The number of para-hydroxylation sites is 1. The molecule has 1 fully saturated rings. The Morgan fingerprint density at radius 2 is 1.09 bits per heavy atom. The standard InChI is InChI=1S/C65H92N14O14/c1-35(2)28-47(73-57(84)45(18-12-26-66)72-63(90)55(37(5)6)78-61(88)49(30-39-20-22-41(80)23-21-39)74-58(85)46(24-25-53(68)81)71-56(83)43(67)33-54(69)82)59(86)76-50(31-38-14-8-7-9-15-38)64(91)79-27-13-19-52(79)62(89)75-48(29-36(3)4)60(87)77-51(65(92)93)32-40-34-70-44-17-11-10-16-42(40)44/h7-11,14-17,20-23,34-37,43,45-52,55,70,80H,12-13,18-19,24-33,66-67H2,1-6H3,(H2,68,81)(H2,69,82)(H,71,83)(H,72,90)(H,73,84)(H,74,85)(H,75,89)(H,76,86)(H,77,87)(H,78,88)(H,92,93)/t43-,45-,46-,47-,48-,49-,50+,51+,52-,55-/m0/s1. The number of fused-ring (bicyclic) bond motifs is 1. The van der Waals surface area contributed by atoms with Gasteiger partial charge in [-0.3, -0.25) is 52.7 Å². The predicted octanol–water partition coefficient (Wildman–Crippen LogP) is -0.189. The zero-order valence-electron chi connectivity index (χ0n) is 53.5. The van der Waals surface area contributed by atoms with E-state index in [9.17, 15) is 67.7 Å². The van der Waals surface area contributed by atoms with E-state index < -0.39 is 150 Å². The minimum absolute atomic E-state index is 0.0394. The maximum Gasteiger partial charge on any atom is 0.326 e. The van der Waals surface area contributed by atoms with E-state index in [4.69, 9.17) is 22.9 Å². The highest BCUT2D eigenvalue weighted by Crippen LogP contribution is 2.23. The van der Waals surface area contributed by atoms with Gasteiger partial charge in [0.25, 0.3) is 0 Å². The van der Waals surface area contributed by atoms with E-state index in [0.717, 1.165) is 10.9 Å². The van der Waals surface area contributed by atoms with Crippen LogP contribution in [0.4, 0.5) is 0 Å². The number of H-pyrrole nitrogens is 1. The number of hydrogen-bond donors (Lipinski definition) is 15. The lowest BCUT2D eigenvalue weighted by atomic mass is 9.99. The third-order valence-electron chi connectivity index (χ3n) is 15.8. The van der Waals surface area contributed by atoms with Crippen LogP contribution in [0.1, 0.15) is 116 Å². The highest BCUT2D eigenvalue weighted by Gasteiger charge is 2.41. The second kappa shape index (κ2) is 36.0. The zero-order chi connectivity index (χ0) is 68.6. The summed E-state index contributed by atoms with van der Waals surface area (Å²) in [6.45, 7) is 10.7. The second-order valence-corrected chi connectivity index (χ2v) is 24.8. The van der Waals surface area contributed by atoms with Crippen molar-refractivity contribution in [2.45, 2.75) is 179 Å². The number of aromatic amines is 1. The molecule has 4 aromatic rings. The number of aromatic nitrogens is 1. The van der Waals surface area contributed by atoms with Crippen LogP contribution in [0, 0.1) is 17.8 Å². The molecule has 1 aliphatic rings. The average Bonchev–Trinajstić information content (AvgIpc) is 1.92. The first-order chi connectivity index (χ1) is 44.0. The Hall–Kier alpha value is -9.44. The monoisotopic (exact) mass is 1290 g/mol. The molecule has 0 radical (unpaired) electrons. The highest BCUT2D eigenvalue weighted by molar-refractivity contribution is 5.99. The lowest BCUT2D eigenvalue weighted by Gasteiger charge is -2.32. The van der Waals surface area contributed by atoms with Crippen molar-refractivity contribution < 1.29 is 67.7 Å². The number of carboxylic acids is 1. The van der Waals surface area contributed by atoms with Crippen molar-refractivity contribution in [3.8, 4) is 5.75 Å². The Balaban J connectivity index is 1.35. The van der Waals surface area contributed by atoms with Gasteiger partial charge < -0.3 is 85.6 Å². The van der Waals surface area contributed by atoms with Crippen LogP contribution in [0.3, 0.4) is 0 Å². The van der Waals surface area contributed by atoms with Crippen molar-refractivity contribution in [2.75, 3.05) is 13.1 Å². The number of aliphatic carboxylic acids is 1. The average molecular weight is 1290 g/mol. The van der Waals surface area contributed by atoms with Gasteiger partial charge >= 0.3 is 5.97 Å². The molecule has 19 N–H and O–H groups in total. The third kappa shape index (κ3) is 23.3. The first-order valence-electron chi connectivity index (χ1n) is 31.4. The van der Waals surface area contributed by atoms with Crippen molar-refractivity contribution in [3.05, 3.63) is 102 Å². The van der Waals surface area contributed by atoms with Crippen LogP contribution in [0.2, 0.25) is 0 Å². The summed E-state index contributed by atoms with van der Waals surface area (Å²) in [6, 6.07) is 8.34. The summed E-state index contributed by atoms with van der Waals surface area (Å²) in [4.78, 5) is 169. The molecule has 11 amide bonds. The quantitative estimate of drug-likeness (QED) is 0.0278. The minimum atomic E-state index is -1.51. The fourth-order valence-electron chi connectivity index (χ4n) is 10.9. The number of primary amides is 2. The van der Waals surface area contributed by atoms with Gasteiger partial charge in [-0.25, -0.2) is 4.79 Å². The van der Waals surface area contributed by atoms with E-state index in [1.807, 2.05) is 52.0 Å². The van der Waals surface area contributed by atoms with Gasteiger partial charge in [-0.2, -0.15) is 0 Å². The fourth-order valence-corrected chi connectivity index (χ4v) is 10.9. The summed E-state index contributed by atoms with van der Waals surface area (Å²) >= 11 is 0. The van der Waals surface area contributed by atoms with Crippen molar-refractivity contribution in [2.24, 2.45) is 40.7 Å². The lowest BCUT2D eigenvalue weighted by molar-refractivity contribution is -0.143. The molecule has 28 heteroatoms. The van der Waals surface area contributed by atoms with Gasteiger partial charge in [-0.15, -0.1) is 0 Å². The third-order valence-corrected chi connectivity index (χ3v) is 15.8. The topological polar surface area (TPSA) is 465 Å². The van der Waals surface area contributed by atoms with Gasteiger partial charge in [-0.1, -0.05) is 102 Å². The number of benzene rings is 3. The molecule has 10 atom stereocenters. The molecule has 0 unspecified atom stereocenters. The van der Waals surface area contributed by atoms with E-state index in [-0.39, 0.29) is 88.5 Å². The number of nitrogens with two attached hydrogens (primary N) is 4. The summed E-state index contributed by atoms with van der Waals surface area (Å²) in [7, 11) is 0. The van der Waals surface area contributed by atoms with E-state index in [2.05, 4.69) is 47.5 Å². The number of aromatic hydroxyl groups is 1. The Kier molecular flexibility index (Phi) is 28.7. The van der Waals surface area contributed by atoms with Crippen molar-refractivity contribution in [3.63, 3.8) is 0 Å². The van der Waals surface area contributed by atoms with Gasteiger partial charge in [0.2, 0.25) is 65.0 Å². The van der Waals surface area contributed by atoms with Gasteiger partial charge in [0, 0.05) is 49.3 Å². The molecule has 0 saturated carbocycles. The second-order valence-electron chi connectivity index (χ2n) is 24.8. The molecule has 1 aromatic heterocycles. The summed E-state index contributed by atoms with van der Waals surface area (Å²) in [6.07, 6.45) is 0.983. The van der Waals surface area contributed by atoms with Crippen LogP contribution in [0.15, 0.2) is 85.1 Å². The molecule has 2 heterocycles. The summed E-state index contributed by atoms with van der Waals surface area (Å²) < 4.78 is 0. The zero-order valence-corrected chi connectivity index (χ0v) is 53.5. The number of nitrogens with zero attached hydrogens (tertiary/aromatic N) is 1. The maximum absolute atomic E-state index is 15.0. The van der Waals surface area contributed by atoms with E-state index >= 15 is 0 Å². The fraction of sp³-hybridized carbons (Fsp3) is 0.508. The first-order valence-corrected chi connectivity index (χ1v) is 31.4. The van der Waals surface area contributed by atoms with Gasteiger partial charge in [0.15, 0.2) is 0 Å². The number of rotatable bonds is 37. The number of carboxylic acid groups (broad SMARTS) is 1. The number of phenolic OH excluding ortho intramolecular Hbond substituents is 1. The Labute approximate surface area is 540 Å². The Morgan fingerprint density at radius 3 is 1.68 bits per heavy atom. The van der Waals surface area contributed by atoms with Crippen LogP contribution in [-0.4, -0.2) is 165 Å². The first kappa shape index (κ1) is 74.3. The van der Waals surface area contributed by atoms with Crippen molar-refractivity contribution in [1.29, 1.82) is 0 Å². The van der Waals surface area contributed by atoms with Crippen LogP contribution < -0.4 is 65.5 Å². The number of hydrogen-bond acceptors (Lipinski definition) is 15. The van der Waals surface area contributed by atoms with Crippen LogP contribution >= 0.6 is 0 Å². The van der Waals surface area contributed by atoms with E-state index in [1.165, 1.54) is 29.2 Å². The number of phenols is 1. The van der Waals surface area contributed by atoms with Crippen LogP contribution in [0.25, 0.3) is 10.9 Å². The minimum Gasteiger partial charge on any atom is -0.508 e. The molecule has 0 spiro atoms. The molecular formula is C65H92N14O14. The number of carbonyl (C=O) groups excluding carboxylic acids is 11. The molecule has 0 bridgehead atoms. The normalized spacial score (nSPS) is 15.9. The summed E-state index contributed by atoms with van der Waals surface area (Å²) in [5, 5.41) is 42.4. The molecule has 506 valence electrons. The molecule has 28 nitrogen and oxygen atoms in total. The SMILES string of the molecule is CC(C)C[C@H](NC(=O)[C@H](CCCN)NC(=O)[C@@H](NC(=O)[C@H](Cc1ccc(O)cc1)NC(=O)[C@H](CCC(N)=O)NC(=O)[C@@H](N)CC(N)=O)C(C)C)C(=O)N[C@H](Cc1ccccc1)C(=O)N1CCC[C@H]1C(=O)N[C@@H](CC(C)C)C(=O)N[C@H](Cc1c[nH]c2ccccc12)C(=O)O. The Bertz CT molecular complexity index is 3250. The summed E-state index contributed by atoms with van der Waals surface area (Å²) in [5.41, 5.74) is 24.9. The summed E-state index contributed by atoms with van der Waals surface area (Å²) in [5.74, 6) is -11.4. The largest absolute Gasteiger partial charge is 0.508 e. The van der Waals surface area contributed by atoms with Crippen LogP contribution in [-0.2, 0) is 76.8 Å². The molecule has 1 saturated heterocycles. The number of amides is 11. The van der Waals surface area contributed by atoms with E-state index in [0.29, 0.717) is 23.1 Å². The molecule has 3 aromatic carbocycles. The highest BCUT2D eigenvalue weighted by atomic mass is 16.4. The molecular weight excluding hydrogens is 1200 g/mol. The molecule has 93 heavy (non-hydrogen) atoms. The van der Waals surface area contributed by atoms with Gasteiger partial charge in [0.05, 0.1) is 12.5 Å². The molecule has 0 aliphatic carbocycles. The van der Waals surface area contributed by atoms with Crippen molar-refractivity contribution in [1.82, 2.24) is 52.4 Å². The van der Waals surface area contributed by atoms with E-state index in [1.54, 1.807) is 50.4 Å². The smallest absolute Gasteiger partial charge is 0.326 e. The number of carbonyl (C=O) groups is 12. The predicted molar refractivity (Wildman–Crippen MR) is 344 cm³/mol. The molecule has 5 rings (SSSR count). The maximum atomic E-state index is 15.0. The van der Waals surface area contributed by atoms with Gasteiger partial charge in [-0.05, 0) is 104 Å². The van der Waals surface area contributed by atoms with Gasteiger partial charge in [0.1, 0.15) is 60.1 Å². The number of nitrogens with one attached hydrogen (secondary N) is 9. The Morgan fingerprint density at radius 1 is 0.570 bits per heavy atom. The molecule has 1 aliphatic heterocycles. The van der Waals surface area contributed by atoms with Crippen molar-refractivity contribution >= 4 is 81.9 Å². The lowest BCUT2D eigenvalue weighted by Crippen LogP contribution is -2.61.